The summed E-state index contributed by atoms with van der Waals surface area (Å²) < 4.78 is 3.23. The van der Waals surface area contributed by atoms with Crippen LogP contribution in [0.15, 0.2) is 61.1 Å². The fraction of sp³-hybridized carbons (Fsp3) is 0.125. The lowest BCUT2D eigenvalue weighted by atomic mass is 10.1. The molecule has 0 unspecified atom stereocenters. The molecule has 3 heterocycles. The van der Waals surface area contributed by atoms with Crippen molar-refractivity contribution in [3.8, 4) is 11.5 Å². The summed E-state index contributed by atoms with van der Waals surface area (Å²) >= 11 is 0. The molecule has 174 valence electrons. The second-order valence-electron chi connectivity index (χ2n) is 8.10. The van der Waals surface area contributed by atoms with Crippen LogP contribution in [0.25, 0.3) is 22.5 Å². The highest BCUT2D eigenvalue weighted by Crippen LogP contribution is 2.25. The molecular formula is C24H20N8O3. The van der Waals surface area contributed by atoms with Crippen LogP contribution in [0.4, 0.5) is 11.5 Å². The van der Waals surface area contributed by atoms with Gasteiger partial charge in [-0.05, 0) is 50.1 Å². The van der Waals surface area contributed by atoms with Gasteiger partial charge in [0.25, 0.3) is 11.6 Å². The molecule has 2 aromatic carbocycles. The molecule has 0 saturated heterocycles. The second kappa shape index (κ2) is 8.45. The number of nitrogens with one attached hydrogen (secondary N) is 1. The molecule has 0 spiro atoms. The largest absolute Gasteiger partial charge is 0.306 e. The number of rotatable bonds is 5. The number of benzene rings is 2. The highest BCUT2D eigenvalue weighted by molar-refractivity contribution is 6.04. The molecule has 3 aromatic heterocycles. The van der Waals surface area contributed by atoms with Crippen molar-refractivity contribution in [1.29, 1.82) is 0 Å². The number of hydrogen-bond donors (Lipinski definition) is 1. The van der Waals surface area contributed by atoms with Gasteiger partial charge in [-0.3, -0.25) is 14.9 Å². The lowest BCUT2D eigenvalue weighted by Crippen LogP contribution is -2.16. The van der Waals surface area contributed by atoms with Gasteiger partial charge >= 0.3 is 0 Å². The zero-order valence-corrected chi connectivity index (χ0v) is 19.1. The second-order valence-corrected chi connectivity index (χ2v) is 8.10. The van der Waals surface area contributed by atoms with E-state index >= 15 is 0 Å². The minimum Gasteiger partial charge on any atom is -0.306 e. The number of carbonyl (C=O) groups excluding carboxylic acids is 1. The van der Waals surface area contributed by atoms with Gasteiger partial charge in [0.05, 0.1) is 27.9 Å². The quantitative estimate of drug-likeness (QED) is 0.303. The van der Waals surface area contributed by atoms with Crippen LogP contribution in [-0.2, 0) is 0 Å². The number of carbonyl (C=O) groups is 1. The molecule has 0 aliphatic heterocycles. The average molecular weight is 468 g/mol. The molecule has 0 radical (unpaired) electrons. The maximum Gasteiger partial charge on any atom is 0.270 e. The molecule has 5 aromatic rings. The Labute approximate surface area is 199 Å². The third kappa shape index (κ3) is 3.99. The van der Waals surface area contributed by atoms with Crippen LogP contribution in [0, 0.1) is 30.9 Å². The van der Waals surface area contributed by atoms with Crippen molar-refractivity contribution in [3.63, 3.8) is 0 Å². The first-order chi connectivity index (χ1) is 16.8. The summed E-state index contributed by atoms with van der Waals surface area (Å²) in [6.07, 6.45) is 3.07. The number of nitro groups is 1. The van der Waals surface area contributed by atoms with Gasteiger partial charge in [0.15, 0.2) is 11.5 Å². The molecule has 1 amide bonds. The van der Waals surface area contributed by atoms with Gasteiger partial charge in [0.1, 0.15) is 12.1 Å². The first kappa shape index (κ1) is 21.9. The van der Waals surface area contributed by atoms with Crippen molar-refractivity contribution in [2.24, 2.45) is 0 Å². The number of fused-ring (bicyclic) bond motifs is 1. The van der Waals surface area contributed by atoms with Gasteiger partial charge in [-0.2, -0.15) is 14.9 Å². The number of anilines is 1. The summed E-state index contributed by atoms with van der Waals surface area (Å²) in [5.74, 6) is 0.288. The molecule has 0 bridgehead atoms. The first-order valence-corrected chi connectivity index (χ1v) is 10.7. The Kier molecular flexibility index (Phi) is 5.28. The fourth-order valence-electron chi connectivity index (χ4n) is 3.75. The standard InChI is InChI=1S/C24H20N8O3/c1-14-7-8-18(9-15(14)2)30-22-20(12-27-30)23(26-13-25-22)31-21(10-16(3)29-31)28-24(33)17-5-4-6-19(11-17)32(34)35/h4-13H,1-3H3,(H,28,33). The van der Waals surface area contributed by atoms with E-state index in [0.717, 1.165) is 11.3 Å². The minimum atomic E-state index is -0.546. The molecule has 11 heteroatoms. The van der Waals surface area contributed by atoms with Gasteiger partial charge in [0.2, 0.25) is 0 Å². The number of aryl methyl sites for hydroxylation is 3. The normalized spacial score (nSPS) is 11.1. The number of hydrogen-bond acceptors (Lipinski definition) is 7. The Morgan fingerprint density at radius 2 is 1.83 bits per heavy atom. The summed E-state index contributed by atoms with van der Waals surface area (Å²) in [6, 6.07) is 13.2. The number of nitrogens with zero attached hydrogens (tertiary/aromatic N) is 7. The van der Waals surface area contributed by atoms with Gasteiger partial charge in [-0.1, -0.05) is 12.1 Å². The number of aromatic nitrogens is 6. The third-order valence-corrected chi connectivity index (χ3v) is 5.67. The summed E-state index contributed by atoms with van der Waals surface area (Å²) in [5, 5.41) is 23.5. The van der Waals surface area contributed by atoms with Gasteiger partial charge in [-0.25, -0.2) is 14.6 Å². The van der Waals surface area contributed by atoms with E-state index in [1.165, 1.54) is 40.8 Å². The Balaban J connectivity index is 1.55. The van der Waals surface area contributed by atoms with Crippen LogP contribution in [0.1, 0.15) is 27.2 Å². The highest BCUT2D eigenvalue weighted by atomic mass is 16.6. The van der Waals surface area contributed by atoms with E-state index in [4.69, 9.17) is 0 Å². The van der Waals surface area contributed by atoms with E-state index in [1.54, 1.807) is 23.9 Å². The summed E-state index contributed by atoms with van der Waals surface area (Å²) in [6.45, 7) is 5.87. The first-order valence-electron chi connectivity index (χ1n) is 10.7. The maximum absolute atomic E-state index is 12.9. The van der Waals surface area contributed by atoms with E-state index in [1.807, 2.05) is 32.0 Å². The van der Waals surface area contributed by atoms with Crippen molar-refractivity contribution in [3.05, 3.63) is 93.6 Å². The Hall–Kier alpha value is -4.93. The number of amides is 1. The smallest absolute Gasteiger partial charge is 0.270 e. The van der Waals surface area contributed by atoms with E-state index < -0.39 is 10.8 Å². The summed E-state index contributed by atoms with van der Waals surface area (Å²) in [7, 11) is 0. The maximum atomic E-state index is 12.9. The minimum absolute atomic E-state index is 0.153. The summed E-state index contributed by atoms with van der Waals surface area (Å²) in [4.78, 5) is 32.2. The van der Waals surface area contributed by atoms with E-state index in [2.05, 4.69) is 25.5 Å². The molecule has 0 aliphatic rings. The van der Waals surface area contributed by atoms with Crippen LogP contribution in [-0.4, -0.2) is 40.4 Å². The van der Waals surface area contributed by atoms with E-state index in [0.29, 0.717) is 28.4 Å². The van der Waals surface area contributed by atoms with Crippen LogP contribution in [0.3, 0.4) is 0 Å². The van der Waals surface area contributed by atoms with Crippen LogP contribution >= 0.6 is 0 Å². The van der Waals surface area contributed by atoms with Crippen molar-refractivity contribution in [2.45, 2.75) is 20.8 Å². The van der Waals surface area contributed by atoms with Gasteiger partial charge in [-0.15, -0.1) is 0 Å². The zero-order chi connectivity index (χ0) is 24.7. The molecule has 0 aliphatic carbocycles. The molecule has 0 atom stereocenters. The Morgan fingerprint density at radius 1 is 1.00 bits per heavy atom. The van der Waals surface area contributed by atoms with Gasteiger partial charge in [0, 0.05) is 23.8 Å². The fourth-order valence-corrected chi connectivity index (χ4v) is 3.75. The Bertz CT molecular complexity index is 1620. The molecule has 1 N–H and O–H groups in total. The zero-order valence-electron chi connectivity index (χ0n) is 19.1. The summed E-state index contributed by atoms with van der Waals surface area (Å²) in [5.41, 5.74) is 4.39. The van der Waals surface area contributed by atoms with E-state index in [-0.39, 0.29) is 11.3 Å². The van der Waals surface area contributed by atoms with Crippen LogP contribution in [0.2, 0.25) is 0 Å². The third-order valence-electron chi connectivity index (χ3n) is 5.67. The number of non-ortho nitro benzene ring substituents is 1. The highest BCUT2D eigenvalue weighted by Gasteiger charge is 2.19. The Morgan fingerprint density at radius 3 is 2.60 bits per heavy atom. The lowest BCUT2D eigenvalue weighted by molar-refractivity contribution is -0.384. The van der Waals surface area contributed by atoms with Crippen LogP contribution in [0.5, 0.6) is 0 Å². The van der Waals surface area contributed by atoms with Crippen molar-refractivity contribution in [2.75, 3.05) is 5.32 Å². The van der Waals surface area contributed by atoms with Crippen molar-refractivity contribution < 1.29 is 9.72 Å². The van der Waals surface area contributed by atoms with Gasteiger partial charge < -0.3 is 5.32 Å². The average Bonchev–Trinajstić information content (AvgIpc) is 3.44. The molecule has 5 rings (SSSR count). The lowest BCUT2D eigenvalue weighted by Gasteiger charge is -2.10. The molecule has 0 fully saturated rings. The topological polar surface area (TPSA) is 134 Å². The molecule has 0 saturated carbocycles. The van der Waals surface area contributed by atoms with Crippen molar-refractivity contribution in [1.82, 2.24) is 29.5 Å². The molecular weight excluding hydrogens is 448 g/mol. The number of nitro benzene ring substituents is 1. The predicted molar refractivity (Wildman–Crippen MR) is 129 cm³/mol. The van der Waals surface area contributed by atoms with Crippen LogP contribution < -0.4 is 5.32 Å². The molecule has 35 heavy (non-hydrogen) atoms. The van der Waals surface area contributed by atoms with E-state index in [9.17, 15) is 14.9 Å². The SMILES string of the molecule is Cc1cc(NC(=O)c2cccc([N+](=O)[O-])c2)n(-c2ncnc3c2cnn3-c2ccc(C)c(C)c2)n1. The monoisotopic (exact) mass is 468 g/mol. The predicted octanol–water partition coefficient (Wildman–Crippen LogP) is 4.09. The molecule has 11 nitrogen and oxygen atoms in total. The van der Waals surface area contributed by atoms with Crippen molar-refractivity contribution >= 4 is 28.4 Å².